The Morgan fingerprint density at radius 2 is 1.81 bits per heavy atom. The first-order valence-electron chi connectivity index (χ1n) is 8.64. The number of fused-ring (bicyclic) bond motifs is 1. The van der Waals surface area contributed by atoms with Crippen molar-refractivity contribution in [3.05, 3.63) is 42.5 Å². The van der Waals surface area contributed by atoms with Crippen molar-refractivity contribution in [3.8, 4) is 5.75 Å². The normalized spacial score (nSPS) is 28.7. The van der Waals surface area contributed by atoms with E-state index in [2.05, 4.69) is 10.6 Å². The number of aliphatic hydroxyl groups excluding tert-OH is 3. The van der Waals surface area contributed by atoms with Gasteiger partial charge in [-0.15, -0.1) is 0 Å². The number of hydrogen-bond acceptors (Lipinski definition) is 6. The highest BCUT2D eigenvalue weighted by Crippen LogP contribution is 2.20. The van der Waals surface area contributed by atoms with Crippen LogP contribution in [0.4, 0.5) is 0 Å². The summed E-state index contributed by atoms with van der Waals surface area (Å²) in [6.45, 7) is 1.68. The molecule has 0 unspecified atom stereocenters. The van der Waals surface area contributed by atoms with Gasteiger partial charge in [-0.1, -0.05) is 30.3 Å². The topological polar surface area (TPSA) is 111 Å². The Morgan fingerprint density at radius 3 is 2.58 bits per heavy atom. The summed E-state index contributed by atoms with van der Waals surface area (Å²) in [7, 11) is 0. The molecule has 1 aliphatic heterocycles. The smallest absolute Gasteiger partial charge is 0.257 e. The van der Waals surface area contributed by atoms with Crippen molar-refractivity contribution < 1.29 is 24.9 Å². The van der Waals surface area contributed by atoms with E-state index in [0.717, 1.165) is 10.8 Å². The SMILES string of the molecule is C[C@@H]1N[C@H](CNC(=O)COc2ccc3ccccc3c2)[C@@H](O)[C@H](O)[C@@H]1O. The predicted molar refractivity (Wildman–Crippen MR) is 96.9 cm³/mol. The molecule has 5 atom stereocenters. The van der Waals surface area contributed by atoms with Crippen LogP contribution < -0.4 is 15.4 Å². The molecule has 0 aliphatic carbocycles. The molecule has 140 valence electrons. The molecular formula is C19H24N2O5. The van der Waals surface area contributed by atoms with Gasteiger partial charge in [-0.05, 0) is 29.8 Å². The lowest BCUT2D eigenvalue weighted by Gasteiger charge is -2.40. The first kappa shape index (κ1) is 18.6. The van der Waals surface area contributed by atoms with Crippen molar-refractivity contribution in [2.45, 2.75) is 37.3 Å². The highest BCUT2D eigenvalue weighted by molar-refractivity contribution is 5.84. The third kappa shape index (κ3) is 4.13. The number of amides is 1. The number of carbonyl (C=O) groups is 1. The second kappa shape index (κ2) is 8.01. The minimum absolute atomic E-state index is 0.120. The summed E-state index contributed by atoms with van der Waals surface area (Å²) >= 11 is 0. The summed E-state index contributed by atoms with van der Waals surface area (Å²) in [5, 5.41) is 37.3. The number of ether oxygens (including phenoxy) is 1. The van der Waals surface area contributed by atoms with E-state index in [0.29, 0.717) is 5.75 Å². The first-order chi connectivity index (χ1) is 12.5. The second-order valence-corrected chi connectivity index (χ2v) is 6.64. The number of piperidine rings is 1. The van der Waals surface area contributed by atoms with E-state index in [1.165, 1.54) is 0 Å². The zero-order chi connectivity index (χ0) is 18.7. The lowest BCUT2D eigenvalue weighted by Crippen LogP contribution is -2.66. The predicted octanol–water partition coefficient (Wildman–Crippen LogP) is -0.222. The lowest BCUT2D eigenvalue weighted by atomic mass is 9.91. The van der Waals surface area contributed by atoms with Crippen LogP contribution in [0.3, 0.4) is 0 Å². The van der Waals surface area contributed by atoms with Crippen LogP contribution in [0.15, 0.2) is 42.5 Å². The van der Waals surface area contributed by atoms with Crippen molar-refractivity contribution >= 4 is 16.7 Å². The van der Waals surface area contributed by atoms with Gasteiger partial charge < -0.3 is 30.7 Å². The molecule has 5 N–H and O–H groups in total. The molecular weight excluding hydrogens is 336 g/mol. The molecule has 26 heavy (non-hydrogen) atoms. The zero-order valence-corrected chi connectivity index (χ0v) is 14.5. The van der Waals surface area contributed by atoms with Crippen LogP contribution in [0.5, 0.6) is 5.75 Å². The molecule has 1 fully saturated rings. The number of benzene rings is 2. The fourth-order valence-corrected chi connectivity index (χ4v) is 3.13. The third-order valence-electron chi connectivity index (χ3n) is 4.71. The van der Waals surface area contributed by atoms with Crippen molar-refractivity contribution in [2.75, 3.05) is 13.2 Å². The Bertz CT molecular complexity index is 768. The first-order valence-corrected chi connectivity index (χ1v) is 8.64. The average Bonchev–Trinajstić information content (AvgIpc) is 2.66. The fourth-order valence-electron chi connectivity index (χ4n) is 3.13. The fraction of sp³-hybridized carbons (Fsp3) is 0.421. The molecule has 0 spiro atoms. The van der Waals surface area contributed by atoms with Gasteiger partial charge in [-0.25, -0.2) is 0 Å². The number of carbonyl (C=O) groups excluding carboxylic acids is 1. The molecule has 0 aromatic heterocycles. The van der Waals surface area contributed by atoms with Gasteiger partial charge in [0.2, 0.25) is 0 Å². The maximum atomic E-state index is 12.0. The Morgan fingerprint density at radius 1 is 1.08 bits per heavy atom. The highest BCUT2D eigenvalue weighted by Gasteiger charge is 2.40. The van der Waals surface area contributed by atoms with Gasteiger partial charge >= 0.3 is 0 Å². The summed E-state index contributed by atoms with van der Waals surface area (Å²) in [5.41, 5.74) is 0. The molecule has 1 aliphatic rings. The Hall–Kier alpha value is -2.19. The van der Waals surface area contributed by atoms with Gasteiger partial charge in [-0.2, -0.15) is 0 Å². The quantitative estimate of drug-likeness (QED) is 0.504. The maximum absolute atomic E-state index is 12.0. The van der Waals surface area contributed by atoms with Gasteiger partial charge in [0.25, 0.3) is 5.91 Å². The molecule has 2 aromatic rings. The van der Waals surface area contributed by atoms with Gasteiger partial charge in [0.05, 0.1) is 18.2 Å². The van der Waals surface area contributed by atoms with Crippen LogP contribution >= 0.6 is 0 Å². The number of hydrogen-bond donors (Lipinski definition) is 5. The van der Waals surface area contributed by atoms with E-state index in [4.69, 9.17) is 4.74 Å². The monoisotopic (exact) mass is 360 g/mol. The van der Waals surface area contributed by atoms with Crippen LogP contribution in [0.25, 0.3) is 10.8 Å². The maximum Gasteiger partial charge on any atom is 0.257 e. The van der Waals surface area contributed by atoms with Crippen molar-refractivity contribution in [2.24, 2.45) is 0 Å². The van der Waals surface area contributed by atoms with E-state index in [-0.39, 0.29) is 25.1 Å². The van der Waals surface area contributed by atoms with Crippen molar-refractivity contribution in [3.63, 3.8) is 0 Å². The molecule has 1 heterocycles. The second-order valence-electron chi connectivity index (χ2n) is 6.64. The van der Waals surface area contributed by atoms with Crippen LogP contribution in [-0.4, -0.2) is 64.8 Å². The van der Waals surface area contributed by atoms with E-state index in [9.17, 15) is 20.1 Å². The molecule has 2 aromatic carbocycles. The lowest BCUT2D eigenvalue weighted by molar-refractivity contribution is -0.125. The number of rotatable bonds is 5. The summed E-state index contributed by atoms with van der Waals surface area (Å²) in [5.74, 6) is 0.266. The summed E-state index contributed by atoms with van der Waals surface area (Å²) in [4.78, 5) is 12.0. The van der Waals surface area contributed by atoms with E-state index >= 15 is 0 Å². The summed E-state index contributed by atoms with van der Waals surface area (Å²) in [6, 6.07) is 12.5. The molecule has 7 nitrogen and oxygen atoms in total. The van der Waals surface area contributed by atoms with Crippen LogP contribution in [0.1, 0.15) is 6.92 Å². The van der Waals surface area contributed by atoms with E-state index in [1.807, 2.05) is 42.5 Å². The minimum atomic E-state index is -1.25. The molecule has 1 saturated heterocycles. The van der Waals surface area contributed by atoms with Crippen LogP contribution in [-0.2, 0) is 4.79 Å². The molecule has 0 radical (unpaired) electrons. The number of nitrogens with one attached hydrogen (secondary N) is 2. The molecule has 1 amide bonds. The van der Waals surface area contributed by atoms with Gasteiger partial charge in [0.15, 0.2) is 6.61 Å². The molecule has 7 heteroatoms. The Kier molecular flexibility index (Phi) is 5.73. The average molecular weight is 360 g/mol. The summed E-state index contributed by atoms with van der Waals surface area (Å²) < 4.78 is 5.52. The summed E-state index contributed by atoms with van der Waals surface area (Å²) in [6.07, 6.45) is -3.46. The third-order valence-corrected chi connectivity index (χ3v) is 4.71. The minimum Gasteiger partial charge on any atom is -0.484 e. The Balaban J connectivity index is 1.49. The largest absolute Gasteiger partial charge is 0.484 e. The van der Waals surface area contributed by atoms with E-state index < -0.39 is 24.4 Å². The van der Waals surface area contributed by atoms with Gasteiger partial charge in [0, 0.05) is 12.6 Å². The van der Waals surface area contributed by atoms with Crippen molar-refractivity contribution in [1.82, 2.24) is 10.6 Å². The molecule has 0 bridgehead atoms. The zero-order valence-electron chi connectivity index (χ0n) is 14.5. The van der Waals surface area contributed by atoms with Gasteiger partial charge in [0.1, 0.15) is 11.9 Å². The van der Waals surface area contributed by atoms with Gasteiger partial charge in [-0.3, -0.25) is 4.79 Å². The van der Waals surface area contributed by atoms with E-state index in [1.54, 1.807) is 6.92 Å². The van der Waals surface area contributed by atoms with Crippen LogP contribution in [0.2, 0.25) is 0 Å². The standard InChI is InChI=1S/C19H24N2O5/c1-11-17(23)19(25)18(24)15(21-11)9-20-16(22)10-26-14-7-6-12-4-2-3-5-13(12)8-14/h2-8,11,15,17-19,21,23-25H,9-10H2,1H3,(H,20,22)/t11-,15+,17+,18+,19+/m0/s1. The highest BCUT2D eigenvalue weighted by atomic mass is 16.5. The van der Waals surface area contributed by atoms with Crippen molar-refractivity contribution in [1.29, 1.82) is 0 Å². The molecule has 0 saturated carbocycles. The number of aliphatic hydroxyl groups is 3. The van der Waals surface area contributed by atoms with Crippen LogP contribution in [0, 0.1) is 0 Å². The molecule has 3 rings (SSSR count). The Labute approximate surface area is 151 Å².